The highest BCUT2D eigenvalue weighted by atomic mass is 14.9. The Labute approximate surface area is 85.7 Å². The zero-order valence-electron chi connectivity index (χ0n) is 8.72. The minimum Gasteiger partial charge on any atom is -0.320 e. The molecule has 76 valence electrons. The van der Waals surface area contributed by atoms with E-state index in [1.165, 1.54) is 24.0 Å². The van der Waals surface area contributed by atoms with Crippen LogP contribution in [0, 0.1) is 0 Å². The molecule has 0 amide bonds. The van der Waals surface area contributed by atoms with Crippen molar-refractivity contribution < 1.29 is 0 Å². The lowest BCUT2D eigenvalue weighted by Gasteiger charge is -2.26. The molecule has 0 spiro atoms. The maximum atomic E-state index is 3.57. The number of hydrogen-bond acceptors (Lipinski definition) is 2. The van der Waals surface area contributed by atoms with E-state index in [4.69, 9.17) is 0 Å². The standard InChI is InChI=1S/C12H18N2/c1-13-7-6-12-8-10-4-2-3-5-11(10)9-14-12/h2-5,12-14H,6-9H2,1H3. The van der Waals surface area contributed by atoms with Crippen molar-refractivity contribution in [2.75, 3.05) is 13.6 Å². The quantitative estimate of drug-likeness (QED) is 0.751. The molecular weight excluding hydrogens is 172 g/mol. The van der Waals surface area contributed by atoms with Gasteiger partial charge >= 0.3 is 0 Å². The second kappa shape index (κ2) is 4.58. The van der Waals surface area contributed by atoms with Gasteiger partial charge in [0.15, 0.2) is 0 Å². The van der Waals surface area contributed by atoms with Crippen LogP contribution in [0.5, 0.6) is 0 Å². The molecule has 1 atom stereocenters. The van der Waals surface area contributed by atoms with Crippen LogP contribution in [0.4, 0.5) is 0 Å². The monoisotopic (exact) mass is 190 g/mol. The summed E-state index contributed by atoms with van der Waals surface area (Å²) in [6.07, 6.45) is 2.39. The molecule has 2 nitrogen and oxygen atoms in total. The summed E-state index contributed by atoms with van der Waals surface area (Å²) >= 11 is 0. The molecule has 0 radical (unpaired) electrons. The van der Waals surface area contributed by atoms with Crippen LogP contribution >= 0.6 is 0 Å². The van der Waals surface area contributed by atoms with Crippen LogP contribution in [0.3, 0.4) is 0 Å². The number of hydrogen-bond donors (Lipinski definition) is 2. The Bertz CT molecular complexity index is 296. The fourth-order valence-electron chi connectivity index (χ4n) is 2.04. The van der Waals surface area contributed by atoms with Gasteiger partial charge in [-0.25, -0.2) is 0 Å². The summed E-state index contributed by atoms with van der Waals surface area (Å²) in [5.74, 6) is 0. The van der Waals surface area contributed by atoms with Crippen LogP contribution in [0.15, 0.2) is 24.3 Å². The Morgan fingerprint density at radius 3 is 2.93 bits per heavy atom. The smallest absolute Gasteiger partial charge is 0.0210 e. The van der Waals surface area contributed by atoms with E-state index in [0.29, 0.717) is 6.04 Å². The SMILES string of the molecule is CNCCC1Cc2ccccc2CN1. The highest BCUT2D eigenvalue weighted by Crippen LogP contribution is 2.17. The molecule has 0 saturated heterocycles. The Morgan fingerprint density at radius 2 is 2.14 bits per heavy atom. The Morgan fingerprint density at radius 1 is 1.36 bits per heavy atom. The van der Waals surface area contributed by atoms with Crippen LogP contribution in [-0.4, -0.2) is 19.6 Å². The van der Waals surface area contributed by atoms with Gasteiger partial charge in [0.1, 0.15) is 0 Å². The van der Waals surface area contributed by atoms with Gasteiger partial charge in [0.05, 0.1) is 0 Å². The molecule has 1 aromatic rings. The van der Waals surface area contributed by atoms with Crippen LogP contribution in [-0.2, 0) is 13.0 Å². The van der Waals surface area contributed by atoms with Gasteiger partial charge in [-0.2, -0.15) is 0 Å². The van der Waals surface area contributed by atoms with Crippen molar-refractivity contribution in [3.05, 3.63) is 35.4 Å². The molecule has 1 unspecified atom stereocenters. The summed E-state index contributed by atoms with van der Waals surface area (Å²) in [5.41, 5.74) is 2.99. The van der Waals surface area contributed by atoms with Gasteiger partial charge < -0.3 is 10.6 Å². The van der Waals surface area contributed by atoms with Crippen molar-refractivity contribution >= 4 is 0 Å². The van der Waals surface area contributed by atoms with Gasteiger partial charge in [0.25, 0.3) is 0 Å². The highest BCUT2D eigenvalue weighted by Gasteiger charge is 2.16. The van der Waals surface area contributed by atoms with Gasteiger partial charge in [0, 0.05) is 12.6 Å². The van der Waals surface area contributed by atoms with E-state index in [2.05, 4.69) is 34.9 Å². The number of rotatable bonds is 3. The van der Waals surface area contributed by atoms with Crippen molar-refractivity contribution in [2.45, 2.75) is 25.4 Å². The number of nitrogens with one attached hydrogen (secondary N) is 2. The molecule has 2 heteroatoms. The van der Waals surface area contributed by atoms with Crippen LogP contribution in [0.1, 0.15) is 17.5 Å². The van der Waals surface area contributed by atoms with Gasteiger partial charge in [-0.05, 0) is 37.6 Å². The third-order valence-electron chi connectivity index (χ3n) is 2.91. The van der Waals surface area contributed by atoms with Crippen LogP contribution in [0.2, 0.25) is 0 Å². The molecule has 14 heavy (non-hydrogen) atoms. The van der Waals surface area contributed by atoms with E-state index >= 15 is 0 Å². The third kappa shape index (κ3) is 2.14. The predicted octanol–water partition coefficient (Wildman–Crippen LogP) is 1.31. The first-order valence-electron chi connectivity index (χ1n) is 5.35. The lowest BCUT2D eigenvalue weighted by molar-refractivity contribution is 0.446. The fraction of sp³-hybridized carbons (Fsp3) is 0.500. The molecule has 0 aromatic heterocycles. The summed E-state index contributed by atoms with van der Waals surface area (Å²) in [4.78, 5) is 0. The largest absolute Gasteiger partial charge is 0.320 e. The first kappa shape index (κ1) is 9.69. The average molecular weight is 190 g/mol. The summed E-state index contributed by atoms with van der Waals surface area (Å²) in [5, 5.41) is 6.77. The van der Waals surface area contributed by atoms with Crippen molar-refractivity contribution in [2.24, 2.45) is 0 Å². The van der Waals surface area contributed by atoms with Gasteiger partial charge in [-0.15, -0.1) is 0 Å². The van der Waals surface area contributed by atoms with Gasteiger partial charge in [-0.1, -0.05) is 24.3 Å². The summed E-state index contributed by atoms with van der Waals surface area (Å²) in [6.45, 7) is 2.13. The first-order chi connectivity index (χ1) is 6.90. The molecule has 1 aromatic carbocycles. The molecule has 0 saturated carbocycles. The van der Waals surface area contributed by atoms with E-state index in [9.17, 15) is 0 Å². The lowest BCUT2D eigenvalue weighted by atomic mass is 9.94. The maximum Gasteiger partial charge on any atom is 0.0210 e. The normalized spacial score (nSPS) is 20.5. The van der Waals surface area contributed by atoms with Crippen LogP contribution in [0.25, 0.3) is 0 Å². The number of fused-ring (bicyclic) bond motifs is 1. The molecular formula is C12H18N2. The Balaban J connectivity index is 1.99. The minimum absolute atomic E-state index is 0.650. The fourth-order valence-corrected chi connectivity index (χ4v) is 2.04. The zero-order chi connectivity index (χ0) is 9.80. The third-order valence-corrected chi connectivity index (χ3v) is 2.91. The van der Waals surface area contributed by atoms with Gasteiger partial charge in [0.2, 0.25) is 0 Å². The maximum absolute atomic E-state index is 3.57. The van der Waals surface area contributed by atoms with E-state index in [1.54, 1.807) is 0 Å². The topological polar surface area (TPSA) is 24.1 Å². The molecule has 2 N–H and O–H groups in total. The van der Waals surface area contributed by atoms with Crippen molar-refractivity contribution in [1.82, 2.24) is 10.6 Å². The second-order valence-electron chi connectivity index (χ2n) is 3.94. The van der Waals surface area contributed by atoms with Gasteiger partial charge in [-0.3, -0.25) is 0 Å². The molecule has 0 bridgehead atoms. The zero-order valence-corrected chi connectivity index (χ0v) is 8.72. The van der Waals surface area contributed by atoms with Crippen LogP contribution < -0.4 is 10.6 Å². The Kier molecular flexibility index (Phi) is 3.17. The van der Waals surface area contributed by atoms with E-state index in [0.717, 1.165) is 13.1 Å². The first-order valence-corrected chi connectivity index (χ1v) is 5.35. The summed E-state index contributed by atoms with van der Waals surface area (Å²) in [7, 11) is 2.01. The average Bonchev–Trinajstić information content (AvgIpc) is 2.26. The molecule has 1 aliphatic heterocycles. The van der Waals surface area contributed by atoms with E-state index in [1.807, 2.05) is 7.05 Å². The van der Waals surface area contributed by atoms with Crippen molar-refractivity contribution in [1.29, 1.82) is 0 Å². The van der Waals surface area contributed by atoms with Crippen molar-refractivity contribution in [3.63, 3.8) is 0 Å². The molecule has 1 aliphatic rings. The molecule has 2 rings (SSSR count). The van der Waals surface area contributed by atoms with E-state index in [-0.39, 0.29) is 0 Å². The highest BCUT2D eigenvalue weighted by molar-refractivity contribution is 5.29. The predicted molar refractivity (Wildman–Crippen MR) is 59.3 cm³/mol. The molecule has 1 heterocycles. The van der Waals surface area contributed by atoms with Crippen molar-refractivity contribution in [3.8, 4) is 0 Å². The summed E-state index contributed by atoms with van der Waals surface area (Å²) < 4.78 is 0. The minimum atomic E-state index is 0.650. The second-order valence-corrected chi connectivity index (χ2v) is 3.94. The molecule has 0 fully saturated rings. The number of benzene rings is 1. The van der Waals surface area contributed by atoms with E-state index < -0.39 is 0 Å². The molecule has 0 aliphatic carbocycles. The lowest BCUT2D eigenvalue weighted by Crippen LogP contribution is -2.37. The Hall–Kier alpha value is -0.860. The summed E-state index contributed by atoms with van der Waals surface area (Å²) in [6, 6.07) is 9.38.